The van der Waals surface area contributed by atoms with Crippen LogP contribution in [0, 0.1) is 0 Å². The molecule has 6 nitrogen and oxygen atoms in total. The molecule has 0 saturated heterocycles. The van der Waals surface area contributed by atoms with Crippen molar-refractivity contribution in [3.8, 4) is 0 Å². The first-order chi connectivity index (χ1) is 9.20. The minimum atomic E-state index is -0.324. The summed E-state index contributed by atoms with van der Waals surface area (Å²) in [7, 11) is 1.75. The fourth-order valence-electron chi connectivity index (χ4n) is 2.15. The number of nitrogens with zero attached hydrogens (tertiary/aromatic N) is 3. The van der Waals surface area contributed by atoms with Crippen LogP contribution in [0.4, 0.5) is 0 Å². The van der Waals surface area contributed by atoms with E-state index in [2.05, 4.69) is 20.1 Å². The zero-order valence-corrected chi connectivity index (χ0v) is 11.8. The Hall–Kier alpha value is -1.08. The van der Waals surface area contributed by atoms with E-state index in [1.807, 2.05) is 0 Å². The third kappa shape index (κ3) is 2.76. The summed E-state index contributed by atoms with van der Waals surface area (Å²) in [6, 6.07) is 0.258. The maximum Gasteiger partial charge on any atom is 0.235 e. The molecule has 0 aromatic carbocycles. The number of aromatic nitrogens is 3. The predicted octanol–water partition coefficient (Wildman–Crippen LogP) is 0.656. The van der Waals surface area contributed by atoms with Crippen LogP contribution in [0.1, 0.15) is 43.5 Å². The molecule has 1 heterocycles. The summed E-state index contributed by atoms with van der Waals surface area (Å²) in [5, 5.41) is 12.5. The van der Waals surface area contributed by atoms with Gasteiger partial charge in [0.25, 0.3) is 0 Å². The monoisotopic (exact) mass is 281 g/mol. The Morgan fingerprint density at radius 1 is 1.47 bits per heavy atom. The number of likely N-dealkylation sites (N-methyl/N-ethyl adjacent to an activating group) is 1. The molecule has 19 heavy (non-hydrogen) atoms. The molecule has 1 aromatic heterocycles. The van der Waals surface area contributed by atoms with Crippen molar-refractivity contribution in [2.45, 2.75) is 48.8 Å². The van der Waals surface area contributed by atoms with Crippen molar-refractivity contribution < 1.29 is 4.79 Å². The normalized spacial score (nSPS) is 20.5. The molecule has 0 aliphatic heterocycles. The van der Waals surface area contributed by atoms with E-state index in [9.17, 15) is 4.79 Å². The summed E-state index contributed by atoms with van der Waals surface area (Å²) >= 11 is 1.57. The van der Waals surface area contributed by atoms with E-state index in [-0.39, 0.29) is 11.9 Å². The van der Waals surface area contributed by atoms with E-state index in [0.29, 0.717) is 17.7 Å². The van der Waals surface area contributed by atoms with Crippen molar-refractivity contribution >= 4 is 17.7 Å². The Kier molecular flexibility index (Phi) is 3.49. The lowest BCUT2D eigenvalue weighted by Crippen LogP contribution is -2.41. The molecule has 1 amide bonds. The van der Waals surface area contributed by atoms with Gasteiger partial charge in [-0.3, -0.25) is 4.79 Å². The number of amides is 1. The molecule has 0 bridgehead atoms. The number of primary amides is 1. The summed E-state index contributed by atoms with van der Waals surface area (Å²) in [6.45, 7) is 0. The highest BCUT2D eigenvalue weighted by Gasteiger charge is 2.36. The summed E-state index contributed by atoms with van der Waals surface area (Å²) < 4.78 is 2.29. The Bertz CT molecular complexity index is 480. The number of nitrogens with one attached hydrogen (secondary N) is 1. The second-order valence-electron chi connectivity index (χ2n) is 5.27. The van der Waals surface area contributed by atoms with E-state index >= 15 is 0 Å². The Balaban J connectivity index is 1.71. The zero-order chi connectivity index (χ0) is 13.4. The number of hydrogen-bond acceptors (Lipinski definition) is 5. The van der Waals surface area contributed by atoms with Crippen LogP contribution in [0.2, 0.25) is 0 Å². The van der Waals surface area contributed by atoms with Crippen LogP contribution >= 0.6 is 11.8 Å². The first-order valence-corrected chi connectivity index (χ1v) is 7.73. The number of carbonyl (C=O) groups is 1. The topological polar surface area (TPSA) is 85.8 Å². The van der Waals surface area contributed by atoms with Gasteiger partial charge in [-0.15, -0.1) is 10.2 Å². The lowest BCUT2D eigenvalue weighted by molar-refractivity contribution is -0.119. The molecular weight excluding hydrogens is 262 g/mol. The highest BCUT2D eigenvalue weighted by atomic mass is 32.2. The van der Waals surface area contributed by atoms with Gasteiger partial charge in [0.2, 0.25) is 5.91 Å². The Labute approximate surface area is 116 Å². The number of rotatable bonds is 7. The maximum absolute atomic E-state index is 11.2. The van der Waals surface area contributed by atoms with Crippen LogP contribution in [-0.2, 0) is 4.79 Å². The zero-order valence-electron chi connectivity index (χ0n) is 11.0. The molecule has 3 N–H and O–H groups in total. The molecular formula is C12H19N5OS. The highest BCUT2D eigenvalue weighted by molar-refractivity contribution is 7.99. The molecule has 2 saturated carbocycles. The third-order valence-corrected chi connectivity index (χ3v) is 4.65. The Morgan fingerprint density at radius 2 is 2.21 bits per heavy atom. The summed E-state index contributed by atoms with van der Waals surface area (Å²) in [5.74, 6) is 2.03. The van der Waals surface area contributed by atoms with Gasteiger partial charge < -0.3 is 15.6 Å². The maximum atomic E-state index is 11.2. The molecule has 1 atom stereocenters. The largest absolute Gasteiger partial charge is 0.368 e. The second kappa shape index (κ2) is 5.13. The molecule has 0 spiro atoms. The average Bonchev–Trinajstić information content (AvgIpc) is 3.29. The van der Waals surface area contributed by atoms with E-state index < -0.39 is 0 Å². The van der Waals surface area contributed by atoms with Gasteiger partial charge in [0.05, 0.1) is 6.04 Å². The second-order valence-corrected chi connectivity index (χ2v) is 6.26. The van der Waals surface area contributed by atoms with Crippen molar-refractivity contribution in [2.75, 3.05) is 12.8 Å². The summed E-state index contributed by atoms with van der Waals surface area (Å²) in [5.41, 5.74) is 5.33. The van der Waals surface area contributed by atoms with Gasteiger partial charge in [0, 0.05) is 17.7 Å². The van der Waals surface area contributed by atoms with E-state index in [1.54, 1.807) is 18.8 Å². The minimum Gasteiger partial charge on any atom is -0.368 e. The van der Waals surface area contributed by atoms with Crippen LogP contribution in [0.15, 0.2) is 5.16 Å². The van der Waals surface area contributed by atoms with Crippen molar-refractivity contribution in [1.82, 2.24) is 20.1 Å². The van der Waals surface area contributed by atoms with Crippen LogP contribution in [0.5, 0.6) is 0 Å². The van der Waals surface area contributed by atoms with E-state index in [0.717, 1.165) is 11.0 Å². The van der Waals surface area contributed by atoms with Crippen molar-refractivity contribution in [3.05, 3.63) is 5.82 Å². The lowest BCUT2D eigenvalue weighted by Gasteiger charge is -2.12. The average molecular weight is 281 g/mol. The molecule has 3 rings (SSSR count). The van der Waals surface area contributed by atoms with Gasteiger partial charge in [-0.2, -0.15) is 0 Å². The minimum absolute atomic E-state index is 0.321. The Morgan fingerprint density at radius 3 is 2.74 bits per heavy atom. The van der Waals surface area contributed by atoms with E-state index in [1.165, 1.54) is 25.7 Å². The molecule has 0 radical (unpaired) electrons. The molecule has 2 aliphatic rings. The van der Waals surface area contributed by atoms with E-state index in [4.69, 9.17) is 5.73 Å². The SMILES string of the molecule is CNC(CSc1nnc(C2CC2)n1C1CC1)C(N)=O. The first kappa shape index (κ1) is 12.9. The van der Waals surface area contributed by atoms with Crippen molar-refractivity contribution in [3.63, 3.8) is 0 Å². The smallest absolute Gasteiger partial charge is 0.235 e. The van der Waals surface area contributed by atoms with Crippen molar-refractivity contribution in [1.29, 1.82) is 0 Å². The number of nitrogens with two attached hydrogens (primary N) is 1. The van der Waals surface area contributed by atoms with Gasteiger partial charge in [0.1, 0.15) is 5.82 Å². The number of thioether (sulfide) groups is 1. The third-order valence-electron chi connectivity index (χ3n) is 3.62. The van der Waals surface area contributed by atoms with Crippen LogP contribution in [-0.4, -0.2) is 39.5 Å². The van der Waals surface area contributed by atoms with Gasteiger partial charge >= 0.3 is 0 Å². The van der Waals surface area contributed by atoms with Gasteiger partial charge in [-0.25, -0.2) is 0 Å². The highest BCUT2D eigenvalue weighted by Crippen LogP contribution is 2.45. The van der Waals surface area contributed by atoms with Crippen LogP contribution < -0.4 is 11.1 Å². The quantitative estimate of drug-likeness (QED) is 0.717. The van der Waals surface area contributed by atoms with Crippen molar-refractivity contribution in [2.24, 2.45) is 5.73 Å². The fraction of sp³-hybridized carbons (Fsp3) is 0.750. The molecule has 1 unspecified atom stereocenters. The molecule has 1 aromatic rings. The molecule has 2 fully saturated rings. The number of hydrogen-bond donors (Lipinski definition) is 2. The summed E-state index contributed by atoms with van der Waals surface area (Å²) in [6.07, 6.45) is 4.90. The molecule has 7 heteroatoms. The van der Waals surface area contributed by atoms with Crippen LogP contribution in [0.25, 0.3) is 0 Å². The summed E-state index contributed by atoms with van der Waals surface area (Å²) in [4.78, 5) is 11.2. The first-order valence-electron chi connectivity index (χ1n) is 6.75. The lowest BCUT2D eigenvalue weighted by atomic mass is 10.3. The molecule has 104 valence electrons. The van der Waals surface area contributed by atoms with Gasteiger partial charge in [-0.05, 0) is 32.7 Å². The van der Waals surface area contributed by atoms with Crippen LogP contribution in [0.3, 0.4) is 0 Å². The standard InChI is InChI=1S/C12H19N5OS/c1-14-9(10(13)18)6-19-12-16-15-11(7-2-3-7)17(12)8-4-5-8/h7-9,14H,2-6H2,1H3,(H2,13,18). The number of carbonyl (C=O) groups excluding carboxylic acids is 1. The fourth-order valence-corrected chi connectivity index (χ4v) is 3.28. The predicted molar refractivity (Wildman–Crippen MR) is 73.0 cm³/mol. The van der Waals surface area contributed by atoms with Gasteiger partial charge in [0.15, 0.2) is 5.16 Å². The van der Waals surface area contributed by atoms with Gasteiger partial charge in [-0.1, -0.05) is 11.8 Å². The molecule has 2 aliphatic carbocycles.